The maximum atomic E-state index is 11.1. The summed E-state index contributed by atoms with van der Waals surface area (Å²) < 4.78 is 4.56. The van der Waals surface area contributed by atoms with Gasteiger partial charge in [-0.2, -0.15) is 0 Å². The van der Waals surface area contributed by atoms with E-state index in [0.29, 0.717) is 22.9 Å². The minimum atomic E-state index is -1.54. The molecule has 5 nitrogen and oxygen atoms in total. The normalized spacial score (nSPS) is 11.9. The van der Waals surface area contributed by atoms with Crippen molar-refractivity contribution in [2.45, 2.75) is 24.3 Å². The van der Waals surface area contributed by atoms with E-state index in [1.807, 2.05) is 0 Å². The molecule has 2 N–H and O–H groups in total. The van der Waals surface area contributed by atoms with Crippen molar-refractivity contribution in [2.75, 3.05) is 7.11 Å². The topological polar surface area (TPSA) is 83.8 Å². The number of hydrogen-bond acceptors (Lipinski definition) is 4. The van der Waals surface area contributed by atoms with Crippen molar-refractivity contribution in [1.82, 2.24) is 0 Å². The third kappa shape index (κ3) is 4.33. The van der Waals surface area contributed by atoms with Crippen LogP contribution in [0.25, 0.3) is 0 Å². The van der Waals surface area contributed by atoms with E-state index in [1.54, 1.807) is 18.2 Å². The van der Waals surface area contributed by atoms with E-state index in [4.69, 9.17) is 5.11 Å². The molecule has 0 aromatic heterocycles. The van der Waals surface area contributed by atoms with Gasteiger partial charge in [0.2, 0.25) is 0 Å². The Morgan fingerprint density at radius 3 is 2.63 bits per heavy atom. The monoisotopic (exact) mass is 330 g/mol. The molecule has 0 spiro atoms. The molecule has 19 heavy (non-hydrogen) atoms. The Bertz CT molecular complexity index is 472. The zero-order valence-electron chi connectivity index (χ0n) is 10.4. The number of aliphatic carboxylic acids is 1. The van der Waals surface area contributed by atoms with Crippen molar-refractivity contribution in [3.63, 3.8) is 0 Å². The fourth-order valence-corrected chi connectivity index (χ4v) is 2.16. The number of aliphatic hydroxyl groups is 1. The van der Waals surface area contributed by atoms with Crippen molar-refractivity contribution < 1.29 is 24.5 Å². The Hall–Kier alpha value is -1.40. The van der Waals surface area contributed by atoms with Gasteiger partial charge in [0, 0.05) is 11.8 Å². The molecule has 1 rings (SSSR count). The molecule has 0 aliphatic carbocycles. The maximum absolute atomic E-state index is 11.1. The molecule has 1 atom stereocenters. The molecule has 0 saturated carbocycles. The van der Waals surface area contributed by atoms with Crippen LogP contribution in [0.15, 0.2) is 18.2 Å². The van der Waals surface area contributed by atoms with Crippen LogP contribution < -0.4 is 0 Å². The van der Waals surface area contributed by atoms with Crippen LogP contribution in [0, 0.1) is 0 Å². The van der Waals surface area contributed by atoms with Crippen LogP contribution in [-0.4, -0.2) is 29.3 Å². The Balaban J connectivity index is 2.89. The summed E-state index contributed by atoms with van der Waals surface area (Å²) in [5.41, 5.74) is 1.93. The predicted octanol–water partition coefficient (Wildman–Crippen LogP) is 1.81. The lowest BCUT2D eigenvalue weighted by molar-refractivity contribution is -0.147. The molecule has 0 saturated heterocycles. The van der Waals surface area contributed by atoms with E-state index in [9.17, 15) is 14.7 Å². The number of carbonyl (C=O) groups is 2. The highest BCUT2D eigenvalue weighted by molar-refractivity contribution is 9.08. The number of aryl methyl sites for hydroxylation is 1. The second kappa shape index (κ2) is 7.25. The van der Waals surface area contributed by atoms with Crippen LogP contribution in [0.5, 0.6) is 0 Å². The molecule has 1 unspecified atom stereocenters. The second-order valence-corrected chi connectivity index (χ2v) is 4.54. The van der Waals surface area contributed by atoms with E-state index >= 15 is 0 Å². The van der Waals surface area contributed by atoms with Gasteiger partial charge in [-0.1, -0.05) is 34.1 Å². The predicted molar refractivity (Wildman–Crippen MR) is 72.0 cm³/mol. The minimum Gasteiger partial charge on any atom is -0.479 e. The summed E-state index contributed by atoms with van der Waals surface area (Å²) in [6, 6.07) is 5.05. The van der Waals surface area contributed by atoms with E-state index < -0.39 is 12.1 Å². The molecule has 1 aromatic carbocycles. The Kier molecular flexibility index (Phi) is 5.98. The molecule has 0 fully saturated rings. The lowest BCUT2D eigenvalue weighted by Crippen LogP contribution is -2.12. The number of esters is 1. The SMILES string of the molecule is COC(=O)CCc1ccc(C(O)C(=O)O)c(CBr)c1. The number of rotatable bonds is 6. The van der Waals surface area contributed by atoms with Crippen LogP contribution >= 0.6 is 15.9 Å². The average molecular weight is 331 g/mol. The van der Waals surface area contributed by atoms with Crippen LogP contribution in [0.4, 0.5) is 0 Å². The first kappa shape index (κ1) is 15.7. The molecule has 0 aliphatic rings. The smallest absolute Gasteiger partial charge is 0.337 e. The van der Waals surface area contributed by atoms with Gasteiger partial charge in [0.15, 0.2) is 6.10 Å². The summed E-state index contributed by atoms with van der Waals surface area (Å²) in [6.45, 7) is 0. The highest BCUT2D eigenvalue weighted by Gasteiger charge is 2.19. The third-order valence-electron chi connectivity index (χ3n) is 2.73. The van der Waals surface area contributed by atoms with Gasteiger partial charge < -0.3 is 14.9 Å². The molecule has 0 bridgehead atoms. The summed E-state index contributed by atoms with van der Waals surface area (Å²) in [4.78, 5) is 21.8. The molecule has 0 amide bonds. The maximum Gasteiger partial charge on any atom is 0.337 e. The van der Waals surface area contributed by atoms with Gasteiger partial charge in [0.05, 0.1) is 7.11 Å². The fourth-order valence-electron chi connectivity index (χ4n) is 1.68. The van der Waals surface area contributed by atoms with Crippen LogP contribution in [0.2, 0.25) is 0 Å². The quantitative estimate of drug-likeness (QED) is 0.613. The first-order valence-electron chi connectivity index (χ1n) is 5.65. The number of benzene rings is 1. The lowest BCUT2D eigenvalue weighted by Gasteiger charge is -2.12. The lowest BCUT2D eigenvalue weighted by atomic mass is 9.99. The van der Waals surface area contributed by atoms with Crippen molar-refractivity contribution in [3.05, 3.63) is 34.9 Å². The first-order valence-corrected chi connectivity index (χ1v) is 6.77. The molecule has 0 radical (unpaired) electrons. The number of carboxylic acids is 1. The van der Waals surface area contributed by atoms with Crippen molar-refractivity contribution in [3.8, 4) is 0 Å². The van der Waals surface area contributed by atoms with Crippen LogP contribution in [-0.2, 0) is 26.1 Å². The van der Waals surface area contributed by atoms with Crippen LogP contribution in [0.1, 0.15) is 29.2 Å². The molecule has 6 heteroatoms. The third-order valence-corrected chi connectivity index (χ3v) is 3.33. The Labute approximate surface area is 119 Å². The molecular weight excluding hydrogens is 316 g/mol. The number of alkyl halides is 1. The molecule has 0 aliphatic heterocycles. The average Bonchev–Trinajstić information content (AvgIpc) is 2.43. The van der Waals surface area contributed by atoms with E-state index in [2.05, 4.69) is 20.7 Å². The summed E-state index contributed by atoms with van der Waals surface area (Å²) >= 11 is 3.26. The number of hydrogen-bond donors (Lipinski definition) is 2. The fraction of sp³-hybridized carbons (Fsp3) is 0.385. The zero-order chi connectivity index (χ0) is 14.4. The van der Waals surface area contributed by atoms with Gasteiger partial charge in [-0.05, 0) is 23.1 Å². The second-order valence-electron chi connectivity index (χ2n) is 3.98. The zero-order valence-corrected chi connectivity index (χ0v) is 12.0. The first-order chi connectivity index (χ1) is 8.99. The van der Waals surface area contributed by atoms with Crippen molar-refractivity contribution >= 4 is 27.9 Å². The molecule has 1 aromatic rings. The standard InChI is InChI=1S/C13H15BrO5/c1-19-11(15)5-3-8-2-4-10(9(6-8)7-14)12(16)13(17)18/h2,4,6,12,16H,3,5,7H2,1H3,(H,17,18). The van der Waals surface area contributed by atoms with E-state index in [1.165, 1.54) is 7.11 Å². The summed E-state index contributed by atoms with van der Waals surface area (Å²) in [5, 5.41) is 18.8. The van der Waals surface area contributed by atoms with E-state index in [0.717, 1.165) is 5.56 Å². The minimum absolute atomic E-state index is 0.263. The van der Waals surface area contributed by atoms with Crippen LogP contribution in [0.3, 0.4) is 0 Å². The molecular formula is C13H15BrO5. The summed E-state index contributed by atoms with van der Waals surface area (Å²) in [5.74, 6) is -1.58. The van der Waals surface area contributed by atoms with Crippen molar-refractivity contribution in [2.24, 2.45) is 0 Å². The van der Waals surface area contributed by atoms with Crippen molar-refractivity contribution in [1.29, 1.82) is 0 Å². The molecule has 0 heterocycles. The number of carbonyl (C=O) groups excluding carboxylic acids is 1. The van der Waals surface area contributed by atoms with Gasteiger partial charge in [0.25, 0.3) is 0 Å². The number of carboxylic acid groups (broad SMARTS) is 1. The van der Waals surface area contributed by atoms with E-state index in [-0.39, 0.29) is 12.4 Å². The summed E-state index contributed by atoms with van der Waals surface area (Å²) in [7, 11) is 1.33. The number of aliphatic hydroxyl groups excluding tert-OH is 1. The Morgan fingerprint density at radius 1 is 1.42 bits per heavy atom. The molecule has 104 valence electrons. The van der Waals surface area contributed by atoms with Gasteiger partial charge in [0.1, 0.15) is 0 Å². The largest absolute Gasteiger partial charge is 0.479 e. The number of methoxy groups -OCH3 is 1. The number of ether oxygens (including phenoxy) is 1. The highest BCUT2D eigenvalue weighted by Crippen LogP contribution is 2.23. The van der Waals surface area contributed by atoms with Gasteiger partial charge in [-0.15, -0.1) is 0 Å². The van der Waals surface area contributed by atoms with Gasteiger partial charge in [-0.25, -0.2) is 4.79 Å². The highest BCUT2D eigenvalue weighted by atomic mass is 79.9. The Morgan fingerprint density at radius 2 is 2.11 bits per heavy atom. The van der Waals surface area contributed by atoms with Gasteiger partial charge >= 0.3 is 11.9 Å². The summed E-state index contributed by atoms with van der Waals surface area (Å²) in [6.07, 6.45) is -0.767. The number of halogens is 1. The van der Waals surface area contributed by atoms with Gasteiger partial charge in [-0.3, -0.25) is 4.79 Å².